The maximum atomic E-state index is 5.93. The molecule has 1 aromatic carbocycles. The molecule has 19 heavy (non-hydrogen) atoms. The van der Waals surface area contributed by atoms with Crippen LogP contribution in [0.2, 0.25) is 0 Å². The molecule has 0 saturated carbocycles. The Morgan fingerprint density at radius 3 is 2.84 bits per heavy atom. The fourth-order valence-electron chi connectivity index (χ4n) is 2.93. The molecule has 1 saturated heterocycles. The Labute approximate surface area is 116 Å². The van der Waals surface area contributed by atoms with Gasteiger partial charge in [0.05, 0.1) is 6.10 Å². The van der Waals surface area contributed by atoms with Gasteiger partial charge in [-0.1, -0.05) is 18.2 Å². The fraction of sp³-hybridized carbons (Fsp3) is 0.625. The number of rotatable bonds is 4. The normalized spacial score (nSPS) is 24.6. The van der Waals surface area contributed by atoms with Crippen LogP contribution in [0.5, 0.6) is 0 Å². The molecule has 3 heteroatoms. The lowest BCUT2D eigenvalue weighted by atomic mass is 9.97. The Morgan fingerprint density at radius 1 is 1.37 bits per heavy atom. The largest absolute Gasteiger partial charge is 0.381 e. The monoisotopic (exact) mass is 262 g/mol. The Kier molecular flexibility index (Phi) is 4.97. The van der Waals surface area contributed by atoms with Gasteiger partial charge >= 0.3 is 0 Å². The van der Waals surface area contributed by atoms with Crippen molar-refractivity contribution < 1.29 is 4.74 Å². The van der Waals surface area contributed by atoms with Gasteiger partial charge in [0.15, 0.2) is 0 Å². The van der Waals surface area contributed by atoms with Gasteiger partial charge in [0.2, 0.25) is 0 Å². The molecule has 1 aliphatic heterocycles. The summed E-state index contributed by atoms with van der Waals surface area (Å²) in [4.78, 5) is 2.51. The van der Waals surface area contributed by atoms with Gasteiger partial charge < -0.3 is 10.5 Å². The molecule has 1 fully saturated rings. The molecule has 2 N–H and O–H groups in total. The molecule has 1 aromatic rings. The second kappa shape index (κ2) is 6.51. The Balaban J connectivity index is 2.07. The summed E-state index contributed by atoms with van der Waals surface area (Å²) in [7, 11) is 1.80. The number of benzene rings is 1. The summed E-state index contributed by atoms with van der Waals surface area (Å²) < 4.78 is 5.48. The molecule has 3 nitrogen and oxygen atoms in total. The van der Waals surface area contributed by atoms with E-state index in [0.29, 0.717) is 18.7 Å². The van der Waals surface area contributed by atoms with Crippen molar-refractivity contribution in [1.82, 2.24) is 4.90 Å². The van der Waals surface area contributed by atoms with E-state index in [0.717, 1.165) is 25.9 Å². The SMILES string of the molecule is COC1CCN(Cc2cccc(C)c2C)C(CN)C1. The van der Waals surface area contributed by atoms with Crippen LogP contribution in [-0.2, 0) is 11.3 Å². The maximum Gasteiger partial charge on any atom is 0.0599 e. The molecular formula is C16H26N2O. The minimum Gasteiger partial charge on any atom is -0.381 e. The molecule has 0 radical (unpaired) electrons. The Bertz CT molecular complexity index is 419. The van der Waals surface area contributed by atoms with E-state index in [-0.39, 0.29) is 0 Å². The van der Waals surface area contributed by atoms with Gasteiger partial charge in [-0.15, -0.1) is 0 Å². The zero-order valence-electron chi connectivity index (χ0n) is 12.4. The van der Waals surface area contributed by atoms with Crippen LogP contribution in [0.25, 0.3) is 0 Å². The molecule has 0 aromatic heterocycles. The van der Waals surface area contributed by atoms with E-state index in [4.69, 9.17) is 10.5 Å². The first-order valence-corrected chi connectivity index (χ1v) is 7.17. The summed E-state index contributed by atoms with van der Waals surface area (Å²) in [6.07, 6.45) is 2.54. The van der Waals surface area contributed by atoms with Gasteiger partial charge in [0, 0.05) is 32.8 Å². The van der Waals surface area contributed by atoms with Gasteiger partial charge in [-0.05, 0) is 43.4 Å². The molecule has 2 unspecified atom stereocenters. The van der Waals surface area contributed by atoms with Gasteiger partial charge in [0.1, 0.15) is 0 Å². The van der Waals surface area contributed by atoms with Crippen LogP contribution in [0.15, 0.2) is 18.2 Å². The number of aryl methyl sites for hydroxylation is 1. The van der Waals surface area contributed by atoms with Crippen LogP contribution < -0.4 is 5.73 Å². The Morgan fingerprint density at radius 2 is 2.16 bits per heavy atom. The summed E-state index contributed by atoms with van der Waals surface area (Å²) in [5, 5.41) is 0. The van der Waals surface area contributed by atoms with Crippen LogP contribution in [0.3, 0.4) is 0 Å². The molecule has 2 rings (SSSR count). The highest BCUT2D eigenvalue weighted by atomic mass is 16.5. The molecule has 0 bridgehead atoms. The summed E-state index contributed by atoms with van der Waals surface area (Å²) in [6.45, 7) is 7.19. The number of methoxy groups -OCH3 is 1. The third-order valence-electron chi connectivity index (χ3n) is 4.49. The zero-order valence-corrected chi connectivity index (χ0v) is 12.4. The average molecular weight is 262 g/mol. The van der Waals surface area contributed by atoms with E-state index in [2.05, 4.69) is 36.9 Å². The first-order valence-electron chi connectivity index (χ1n) is 7.17. The van der Waals surface area contributed by atoms with Crippen LogP contribution in [0.1, 0.15) is 29.5 Å². The van der Waals surface area contributed by atoms with Gasteiger partial charge in [-0.3, -0.25) is 4.90 Å². The highest BCUT2D eigenvalue weighted by Crippen LogP contribution is 2.23. The molecule has 1 aliphatic rings. The molecule has 106 valence electrons. The highest BCUT2D eigenvalue weighted by Gasteiger charge is 2.27. The van der Waals surface area contributed by atoms with Crippen molar-refractivity contribution in [2.24, 2.45) is 5.73 Å². The first kappa shape index (κ1) is 14.5. The number of likely N-dealkylation sites (tertiary alicyclic amines) is 1. The topological polar surface area (TPSA) is 38.5 Å². The van der Waals surface area contributed by atoms with Crippen molar-refractivity contribution in [2.75, 3.05) is 20.2 Å². The van der Waals surface area contributed by atoms with E-state index in [1.165, 1.54) is 16.7 Å². The van der Waals surface area contributed by atoms with E-state index in [9.17, 15) is 0 Å². The lowest BCUT2D eigenvalue weighted by molar-refractivity contribution is 0.0101. The summed E-state index contributed by atoms with van der Waals surface area (Å²) >= 11 is 0. The minimum atomic E-state index is 0.378. The molecular weight excluding hydrogens is 236 g/mol. The quantitative estimate of drug-likeness (QED) is 0.904. The second-order valence-electron chi connectivity index (χ2n) is 5.60. The van der Waals surface area contributed by atoms with Gasteiger partial charge in [-0.2, -0.15) is 0 Å². The van der Waals surface area contributed by atoms with Gasteiger partial charge in [-0.25, -0.2) is 0 Å². The number of nitrogens with two attached hydrogens (primary N) is 1. The number of hydrogen-bond donors (Lipinski definition) is 1. The predicted molar refractivity (Wildman–Crippen MR) is 79.2 cm³/mol. The number of hydrogen-bond acceptors (Lipinski definition) is 3. The number of piperidine rings is 1. The lowest BCUT2D eigenvalue weighted by Crippen LogP contribution is -2.48. The molecule has 1 heterocycles. The fourth-order valence-corrected chi connectivity index (χ4v) is 2.93. The standard InChI is InChI=1S/C16H26N2O/c1-12-5-4-6-14(13(12)2)11-18-8-7-16(19-3)9-15(18)10-17/h4-6,15-16H,7-11,17H2,1-3H3. The third-order valence-corrected chi connectivity index (χ3v) is 4.49. The third kappa shape index (κ3) is 3.35. The van der Waals surface area contributed by atoms with E-state index < -0.39 is 0 Å². The van der Waals surface area contributed by atoms with Crippen molar-refractivity contribution in [3.63, 3.8) is 0 Å². The molecule has 0 amide bonds. The van der Waals surface area contributed by atoms with Crippen LogP contribution in [-0.4, -0.2) is 37.2 Å². The molecule has 0 aliphatic carbocycles. The Hall–Kier alpha value is -0.900. The highest BCUT2D eigenvalue weighted by molar-refractivity contribution is 5.33. The van der Waals surface area contributed by atoms with Crippen molar-refractivity contribution in [3.8, 4) is 0 Å². The van der Waals surface area contributed by atoms with Crippen molar-refractivity contribution in [1.29, 1.82) is 0 Å². The summed E-state index contributed by atoms with van der Waals surface area (Å²) in [5.41, 5.74) is 10.1. The summed E-state index contributed by atoms with van der Waals surface area (Å²) in [5.74, 6) is 0. The number of nitrogens with zero attached hydrogens (tertiary/aromatic N) is 1. The second-order valence-corrected chi connectivity index (χ2v) is 5.60. The first-order chi connectivity index (χ1) is 9.15. The van der Waals surface area contributed by atoms with E-state index >= 15 is 0 Å². The molecule has 0 spiro atoms. The summed E-state index contributed by atoms with van der Waals surface area (Å²) in [6, 6.07) is 7.00. The smallest absolute Gasteiger partial charge is 0.0599 e. The van der Waals surface area contributed by atoms with E-state index in [1.54, 1.807) is 7.11 Å². The molecule has 2 atom stereocenters. The van der Waals surface area contributed by atoms with Crippen LogP contribution in [0.4, 0.5) is 0 Å². The lowest BCUT2D eigenvalue weighted by Gasteiger charge is -2.38. The van der Waals surface area contributed by atoms with Crippen LogP contribution >= 0.6 is 0 Å². The van der Waals surface area contributed by atoms with Crippen molar-refractivity contribution in [3.05, 3.63) is 34.9 Å². The average Bonchev–Trinajstić information content (AvgIpc) is 2.44. The van der Waals surface area contributed by atoms with E-state index in [1.807, 2.05) is 0 Å². The van der Waals surface area contributed by atoms with Gasteiger partial charge in [0.25, 0.3) is 0 Å². The predicted octanol–water partition coefficient (Wildman–Crippen LogP) is 2.24. The number of ether oxygens (including phenoxy) is 1. The van der Waals surface area contributed by atoms with Crippen LogP contribution in [0, 0.1) is 13.8 Å². The van der Waals surface area contributed by atoms with Crippen molar-refractivity contribution in [2.45, 2.75) is 45.4 Å². The maximum absolute atomic E-state index is 5.93. The zero-order chi connectivity index (χ0) is 13.8. The van der Waals surface area contributed by atoms with Crippen molar-refractivity contribution >= 4 is 0 Å². The minimum absolute atomic E-state index is 0.378.